The predicted molar refractivity (Wildman–Crippen MR) is 113 cm³/mol. The van der Waals surface area contributed by atoms with Crippen molar-refractivity contribution in [3.63, 3.8) is 0 Å². The second-order valence-electron chi connectivity index (χ2n) is 8.86. The molecular formula is C23H29N3O3. The Morgan fingerprint density at radius 1 is 1.03 bits per heavy atom. The third-order valence-electron chi connectivity index (χ3n) is 5.39. The molecule has 0 bridgehead atoms. The largest absolute Gasteiger partial charge is 0.456 e. The van der Waals surface area contributed by atoms with Gasteiger partial charge in [-0.25, -0.2) is 4.79 Å². The maximum Gasteiger partial charge on any atom is 0.338 e. The molecule has 29 heavy (non-hydrogen) atoms. The number of hydrogen-bond acceptors (Lipinski definition) is 4. The zero-order valence-corrected chi connectivity index (χ0v) is 17.5. The fourth-order valence-corrected chi connectivity index (χ4v) is 4.06. The standard InChI is InChI=1S/C23H29N3O3/c1-23(2,3)29-22(28)17-8-6-10-18(14-17)26-13-7-9-16-15-19(24-20(16)26)21(27)25-11-4-5-12-25/h6,8,10,14-15,24H,4-5,7,9,11-13H2,1-3H3. The monoisotopic (exact) mass is 395 g/mol. The minimum Gasteiger partial charge on any atom is -0.456 e. The molecule has 0 atom stereocenters. The minimum absolute atomic E-state index is 0.0827. The van der Waals surface area contributed by atoms with Crippen LogP contribution in [0.15, 0.2) is 30.3 Å². The van der Waals surface area contributed by atoms with E-state index in [-0.39, 0.29) is 11.9 Å². The molecule has 6 heteroatoms. The van der Waals surface area contributed by atoms with Gasteiger partial charge in [-0.2, -0.15) is 0 Å². The van der Waals surface area contributed by atoms with Crippen LogP contribution in [0.5, 0.6) is 0 Å². The molecule has 2 aliphatic rings. The van der Waals surface area contributed by atoms with Crippen LogP contribution < -0.4 is 4.90 Å². The Kier molecular flexibility index (Phi) is 5.11. The van der Waals surface area contributed by atoms with Crippen LogP contribution in [-0.2, 0) is 11.2 Å². The third kappa shape index (κ3) is 4.16. The topological polar surface area (TPSA) is 65.6 Å². The van der Waals surface area contributed by atoms with Crippen molar-refractivity contribution in [2.45, 2.75) is 52.1 Å². The summed E-state index contributed by atoms with van der Waals surface area (Å²) in [6, 6.07) is 9.51. The van der Waals surface area contributed by atoms with Crippen LogP contribution in [0.25, 0.3) is 0 Å². The molecular weight excluding hydrogens is 366 g/mol. The second kappa shape index (κ2) is 7.58. The van der Waals surface area contributed by atoms with E-state index >= 15 is 0 Å². The quantitative estimate of drug-likeness (QED) is 0.788. The molecule has 0 saturated carbocycles. The first kappa shape index (κ1) is 19.6. The first-order valence-electron chi connectivity index (χ1n) is 10.4. The van der Waals surface area contributed by atoms with E-state index in [1.807, 2.05) is 49.9 Å². The Balaban J connectivity index is 1.60. The fourth-order valence-electron chi connectivity index (χ4n) is 4.06. The van der Waals surface area contributed by atoms with E-state index in [2.05, 4.69) is 9.88 Å². The molecule has 4 rings (SSSR count). The number of aryl methyl sites for hydroxylation is 1. The van der Waals surface area contributed by atoms with Crippen LogP contribution in [0.4, 0.5) is 11.5 Å². The summed E-state index contributed by atoms with van der Waals surface area (Å²) in [5, 5.41) is 0. The van der Waals surface area contributed by atoms with Gasteiger partial charge in [0.15, 0.2) is 0 Å². The summed E-state index contributed by atoms with van der Waals surface area (Å²) in [6.45, 7) is 8.10. The van der Waals surface area contributed by atoms with Crippen LogP contribution in [0.3, 0.4) is 0 Å². The number of ether oxygens (including phenoxy) is 1. The lowest BCUT2D eigenvalue weighted by molar-refractivity contribution is 0.00694. The Morgan fingerprint density at radius 3 is 2.52 bits per heavy atom. The molecule has 2 aromatic rings. The van der Waals surface area contributed by atoms with Crippen molar-refractivity contribution in [2.24, 2.45) is 0 Å². The lowest BCUT2D eigenvalue weighted by atomic mass is 10.1. The normalized spacial score (nSPS) is 16.7. The summed E-state index contributed by atoms with van der Waals surface area (Å²) in [6.07, 6.45) is 4.10. The van der Waals surface area contributed by atoms with Crippen LogP contribution in [-0.4, -0.2) is 47.0 Å². The van der Waals surface area contributed by atoms with E-state index in [0.29, 0.717) is 11.3 Å². The first-order chi connectivity index (χ1) is 13.8. The van der Waals surface area contributed by atoms with E-state index in [4.69, 9.17) is 4.74 Å². The van der Waals surface area contributed by atoms with E-state index < -0.39 is 5.60 Å². The highest BCUT2D eigenvalue weighted by Gasteiger charge is 2.27. The molecule has 6 nitrogen and oxygen atoms in total. The number of anilines is 2. The molecule has 1 fully saturated rings. The van der Waals surface area contributed by atoms with Crippen molar-refractivity contribution in [1.82, 2.24) is 9.88 Å². The molecule has 2 aliphatic heterocycles. The number of fused-ring (bicyclic) bond motifs is 1. The van der Waals surface area contributed by atoms with E-state index in [1.165, 1.54) is 0 Å². The molecule has 1 N–H and O–H groups in total. The van der Waals surface area contributed by atoms with Gasteiger partial charge in [0.1, 0.15) is 17.1 Å². The van der Waals surface area contributed by atoms with Gasteiger partial charge in [0.25, 0.3) is 5.91 Å². The average molecular weight is 396 g/mol. The maximum absolute atomic E-state index is 12.8. The number of rotatable bonds is 3. The molecule has 1 saturated heterocycles. The predicted octanol–water partition coefficient (Wildman–Crippen LogP) is 4.29. The van der Waals surface area contributed by atoms with Gasteiger partial charge in [0, 0.05) is 25.3 Å². The first-order valence-corrected chi connectivity index (χ1v) is 10.4. The molecule has 0 spiro atoms. The highest BCUT2D eigenvalue weighted by Crippen LogP contribution is 2.34. The summed E-state index contributed by atoms with van der Waals surface area (Å²) in [5.74, 6) is 0.715. The third-order valence-corrected chi connectivity index (χ3v) is 5.39. The molecule has 1 aromatic heterocycles. The van der Waals surface area contributed by atoms with Crippen molar-refractivity contribution in [2.75, 3.05) is 24.5 Å². The zero-order valence-electron chi connectivity index (χ0n) is 17.5. The number of carbonyl (C=O) groups excluding carboxylic acids is 2. The number of nitrogens with one attached hydrogen (secondary N) is 1. The van der Waals surface area contributed by atoms with Crippen LogP contribution in [0.1, 0.15) is 66.4 Å². The van der Waals surface area contributed by atoms with Gasteiger partial charge in [-0.1, -0.05) is 6.07 Å². The number of benzene rings is 1. The van der Waals surface area contributed by atoms with E-state index in [0.717, 1.165) is 62.4 Å². The number of hydrogen-bond donors (Lipinski definition) is 1. The lowest BCUT2D eigenvalue weighted by Crippen LogP contribution is -2.28. The summed E-state index contributed by atoms with van der Waals surface area (Å²) in [5.41, 5.74) is 2.74. The molecule has 0 unspecified atom stereocenters. The fraction of sp³-hybridized carbons (Fsp3) is 0.478. The number of likely N-dealkylation sites (tertiary alicyclic amines) is 1. The highest BCUT2D eigenvalue weighted by atomic mass is 16.6. The minimum atomic E-state index is -0.532. The van der Waals surface area contributed by atoms with Gasteiger partial charge >= 0.3 is 5.97 Å². The van der Waals surface area contributed by atoms with Crippen LogP contribution >= 0.6 is 0 Å². The number of amides is 1. The van der Waals surface area contributed by atoms with Gasteiger partial charge in [0.2, 0.25) is 0 Å². The summed E-state index contributed by atoms with van der Waals surface area (Å²) >= 11 is 0. The van der Waals surface area contributed by atoms with Crippen molar-refractivity contribution in [3.05, 3.63) is 47.2 Å². The van der Waals surface area contributed by atoms with Crippen LogP contribution in [0.2, 0.25) is 0 Å². The number of carbonyl (C=O) groups is 2. The van der Waals surface area contributed by atoms with E-state index in [9.17, 15) is 9.59 Å². The van der Waals surface area contributed by atoms with Gasteiger partial charge < -0.3 is 19.5 Å². The van der Waals surface area contributed by atoms with Gasteiger partial charge in [-0.15, -0.1) is 0 Å². The Hall–Kier alpha value is -2.76. The van der Waals surface area contributed by atoms with Crippen molar-refractivity contribution < 1.29 is 14.3 Å². The number of aromatic amines is 1. The van der Waals surface area contributed by atoms with E-state index in [1.54, 1.807) is 6.07 Å². The van der Waals surface area contributed by atoms with Gasteiger partial charge in [0.05, 0.1) is 5.56 Å². The number of nitrogens with zero attached hydrogens (tertiary/aromatic N) is 2. The number of aromatic nitrogens is 1. The molecule has 0 radical (unpaired) electrons. The Morgan fingerprint density at radius 2 is 1.79 bits per heavy atom. The SMILES string of the molecule is CC(C)(C)OC(=O)c1cccc(N2CCCc3cc(C(=O)N4CCCC4)[nH]c32)c1. The molecule has 0 aliphatic carbocycles. The maximum atomic E-state index is 12.8. The number of esters is 1. The average Bonchev–Trinajstić information content (AvgIpc) is 3.35. The Bertz CT molecular complexity index is 920. The van der Waals surface area contributed by atoms with Crippen LogP contribution in [0, 0.1) is 0 Å². The van der Waals surface area contributed by atoms with Crippen molar-refractivity contribution in [1.29, 1.82) is 0 Å². The van der Waals surface area contributed by atoms with Gasteiger partial charge in [-0.3, -0.25) is 4.79 Å². The highest BCUT2D eigenvalue weighted by molar-refractivity contribution is 5.94. The summed E-state index contributed by atoms with van der Waals surface area (Å²) in [4.78, 5) is 32.7. The van der Waals surface area contributed by atoms with Crippen molar-refractivity contribution in [3.8, 4) is 0 Å². The van der Waals surface area contributed by atoms with Gasteiger partial charge in [-0.05, 0) is 76.3 Å². The smallest absolute Gasteiger partial charge is 0.338 e. The molecule has 1 aromatic carbocycles. The molecule has 1 amide bonds. The Labute approximate surface area is 171 Å². The number of H-pyrrole nitrogens is 1. The molecule has 154 valence electrons. The zero-order chi connectivity index (χ0) is 20.6. The summed E-state index contributed by atoms with van der Waals surface area (Å²) < 4.78 is 5.51. The van der Waals surface area contributed by atoms with Crippen molar-refractivity contribution >= 4 is 23.4 Å². The molecule has 3 heterocycles. The lowest BCUT2D eigenvalue weighted by Gasteiger charge is -2.29. The summed E-state index contributed by atoms with van der Waals surface area (Å²) in [7, 11) is 0. The second-order valence-corrected chi connectivity index (χ2v) is 8.86.